The zero-order valence-electron chi connectivity index (χ0n) is 14.0. The number of carbonyl (C=O) groups excluding carboxylic acids is 1. The summed E-state index contributed by atoms with van der Waals surface area (Å²) in [4.78, 5) is 22.0. The van der Waals surface area contributed by atoms with Crippen LogP contribution in [0.4, 0.5) is 10.5 Å². The Hall–Kier alpha value is -2.34. The molecule has 0 bridgehead atoms. The molecule has 6 nitrogen and oxygen atoms in total. The molecule has 1 saturated heterocycles. The van der Waals surface area contributed by atoms with E-state index in [1.165, 1.54) is 0 Å². The van der Waals surface area contributed by atoms with Crippen molar-refractivity contribution in [3.05, 3.63) is 48.0 Å². The van der Waals surface area contributed by atoms with Gasteiger partial charge in [-0.1, -0.05) is 12.1 Å². The monoisotopic (exact) mass is 328 g/mol. The molecule has 1 aliphatic heterocycles. The van der Waals surface area contributed by atoms with Crippen LogP contribution in [0.1, 0.15) is 43.6 Å². The Balaban J connectivity index is 1.64. The number of H-pyrrole nitrogens is 1. The van der Waals surface area contributed by atoms with Gasteiger partial charge in [0.05, 0.1) is 12.6 Å². The number of aromatic nitrogens is 2. The predicted octanol–water partition coefficient (Wildman–Crippen LogP) is 3.71. The van der Waals surface area contributed by atoms with E-state index in [1.807, 2.05) is 36.1 Å². The van der Waals surface area contributed by atoms with Crippen LogP contribution in [0.2, 0.25) is 0 Å². The van der Waals surface area contributed by atoms with E-state index < -0.39 is 0 Å². The third kappa shape index (κ3) is 3.94. The number of amides is 2. The maximum Gasteiger partial charge on any atom is 0.322 e. The van der Waals surface area contributed by atoms with Gasteiger partial charge >= 0.3 is 6.03 Å². The fourth-order valence-electron chi connectivity index (χ4n) is 3.02. The molecule has 6 heteroatoms. The number of ether oxygens (including phenoxy) is 1. The second-order valence-corrected chi connectivity index (χ2v) is 5.94. The van der Waals surface area contributed by atoms with Crippen molar-refractivity contribution in [1.82, 2.24) is 14.9 Å². The number of aromatic amines is 1. The minimum Gasteiger partial charge on any atom is -0.377 e. The first kappa shape index (κ1) is 16.5. The fourth-order valence-corrected chi connectivity index (χ4v) is 3.02. The smallest absolute Gasteiger partial charge is 0.322 e. The van der Waals surface area contributed by atoms with Crippen LogP contribution in [-0.2, 0) is 11.3 Å². The van der Waals surface area contributed by atoms with Gasteiger partial charge in [-0.15, -0.1) is 0 Å². The number of hydrogen-bond acceptors (Lipinski definition) is 3. The normalized spacial score (nSPS) is 17.7. The summed E-state index contributed by atoms with van der Waals surface area (Å²) in [5.74, 6) is 0.858. The highest BCUT2D eigenvalue weighted by Gasteiger charge is 2.29. The van der Waals surface area contributed by atoms with E-state index in [0.717, 1.165) is 42.9 Å². The average Bonchev–Trinajstić information content (AvgIpc) is 3.15. The Morgan fingerprint density at radius 2 is 2.21 bits per heavy atom. The van der Waals surface area contributed by atoms with Crippen LogP contribution in [-0.4, -0.2) is 34.1 Å². The molecule has 0 unspecified atom stereocenters. The van der Waals surface area contributed by atoms with Crippen LogP contribution in [0.3, 0.4) is 0 Å². The first-order valence-electron chi connectivity index (χ1n) is 8.51. The zero-order chi connectivity index (χ0) is 16.8. The van der Waals surface area contributed by atoms with Gasteiger partial charge in [0.15, 0.2) is 0 Å². The van der Waals surface area contributed by atoms with Crippen molar-refractivity contribution in [2.75, 3.05) is 18.5 Å². The molecule has 3 rings (SSSR count). The number of anilines is 1. The van der Waals surface area contributed by atoms with Crippen LogP contribution in [0.15, 0.2) is 36.7 Å². The first-order chi connectivity index (χ1) is 11.8. The van der Waals surface area contributed by atoms with Gasteiger partial charge < -0.3 is 19.9 Å². The van der Waals surface area contributed by atoms with Gasteiger partial charge in [0.2, 0.25) is 0 Å². The van der Waals surface area contributed by atoms with E-state index >= 15 is 0 Å². The highest BCUT2D eigenvalue weighted by molar-refractivity contribution is 5.89. The second kappa shape index (κ2) is 7.97. The quantitative estimate of drug-likeness (QED) is 0.879. The lowest BCUT2D eigenvalue weighted by atomic mass is 10.0. The average molecular weight is 328 g/mol. The summed E-state index contributed by atoms with van der Waals surface area (Å²) < 4.78 is 5.39. The number of nitrogens with one attached hydrogen (secondary N) is 2. The van der Waals surface area contributed by atoms with E-state index in [9.17, 15) is 4.79 Å². The molecule has 128 valence electrons. The van der Waals surface area contributed by atoms with Gasteiger partial charge in [0.1, 0.15) is 5.82 Å². The molecule has 1 aromatic carbocycles. The number of carbonyl (C=O) groups is 1. The molecule has 2 aromatic rings. The van der Waals surface area contributed by atoms with Crippen molar-refractivity contribution in [2.24, 2.45) is 0 Å². The standard InChI is InChI=1S/C18H24N4O2/c1-2-24-13-14-6-8-15(9-7-14)21-18(23)22-12-4-3-5-16(22)17-19-10-11-20-17/h6-11,16H,2-5,12-13H2,1H3,(H,19,20)(H,21,23)/t16-/m0/s1. The summed E-state index contributed by atoms with van der Waals surface area (Å²) in [6.45, 7) is 4.02. The number of likely N-dealkylation sites (tertiary alicyclic amines) is 1. The maximum absolute atomic E-state index is 12.7. The van der Waals surface area contributed by atoms with Crippen LogP contribution in [0, 0.1) is 0 Å². The van der Waals surface area contributed by atoms with Crippen molar-refractivity contribution < 1.29 is 9.53 Å². The van der Waals surface area contributed by atoms with Crippen LogP contribution < -0.4 is 5.32 Å². The lowest BCUT2D eigenvalue weighted by Crippen LogP contribution is -2.41. The zero-order valence-corrected chi connectivity index (χ0v) is 14.0. The van der Waals surface area contributed by atoms with Crippen molar-refractivity contribution in [1.29, 1.82) is 0 Å². The summed E-state index contributed by atoms with van der Waals surface area (Å²) in [7, 11) is 0. The van der Waals surface area contributed by atoms with Gasteiger partial charge in [-0.25, -0.2) is 9.78 Å². The molecule has 0 spiro atoms. The SMILES string of the molecule is CCOCc1ccc(NC(=O)N2CCCC[C@H]2c2ncc[nH]2)cc1. The van der Waals surface area contributed by atoms with Crippen LogP contribution >= 0.6 is 0 Å². The Labute approximate surface area is 142 Å². The van der Waals surface area contributed by atoms with E-state index in [1.54, 1.807) is 12.4 Å². The van der Waals surface area contributed by atoms with Crippen molar-refractivity contribution in [3.63, 3.8) is 0 Å². The van der Waals surface area contributed by atoms with Crippen LogP contribution in [0.5, 0.6) is 0 Å². The molecule has 1 aromatic heterocycles. The molecule has 0 aliphatic carbocycles. The molecule has 1 atom stereocenters. The maximum atomic E-state index is 12.7. The third-order valence-corrected chi connectivity index (χ3v) is 4.28. The lowest BCUT2D eigenvalue weighted by Gasteiger charge is -2.34. The minimum atomic E-state index is -0.0753. The van der Waals surface area contributed by atoms with E-state index in [0.29, 0.717) is 13.2 Å². The second-order valence-electron chi connectivity index (χ2n) is 5.94. The number of imidazole rings is 1. The summed E-state index contributed by atoms with van der Waals surface area (Å²) in [6.07, 6.45) is 6.61. The van der Waals surface area contributed by atoms with Crippen molar-refractivity contribution in [3.8, 4) is 0 Å². The number of benzene rings is 1. The van der Waals surface area contributed by atoms with Gasteiger partial charge in [0.25, 0.3) is 0 Å². The largest absolute Gasteiger partial charge is 0.377 e. The van der Waals surface area contributed by atoms with Gasteiger partial charge in [-0.2, -0.15) is 0 Å². The number of rotatable bonds is 5. The molecule has 24 heavy (non-hydrogen) atoms. The number of hydrogen-bond donors (Lipinski definition) is 2. The summed E-state index contributed by atoms with van der Waals surface area (Å²) >= 11 is 0. The molecule has 2 amide bonds. The number of piperidine rings is 1. The van der Waals surface area contributed by atoms with Gasteiger partial charge in [-0.3, -0.25) is 0 Å². The lowest BCUT2D eigenvalue weighted by molar-refractivity contribution is 0.134. The Kier molecular flexibility index (Phi) is 5.48. The third-order valence-electron chi connectivity index (χ3n) is 4.28. The Morgan fingerprint density at radius 3 is 2.92 bits per heavy atom. The van der Waals surface area contributed by atoms with Gasteiger partial charge in [0, 0.05) is 31.2 Å². The molecule has 1 aliphatic rings. The molecule has 2 N–H and O–H groups in total. The molecule has 0 radical (unpaired) electrons. The van der Waals surface area contributed by atoms with Crippen molar-refractivity contribution in [2.45, 2.75) is 38.8 Å². The first-order valence-corrected chi connectivity index (χ1v) is 8.51. The molecular formula is C18H24N4O2. The van der Waals surface area contributed by atoms with Crippen molar-refractivity contribution >= 4 is 11.7 Å². The highest BCUT2D eigenvalue weighted by Crippen LogP contribution is 2.29. The number of urea groups is 1. The van der Waals surface area contributed by atoms with E-state index in [4.69, 9.17) is 4.74 Å². The Bertz CT molecular complexity index is 640. The van der Waals surface area contributed by atoms with E-state index in [2.05, 4.69) is 15.3 Å². The van der Waals surface area contributed by atoms with Crippen LogP contribution in [0.25, 0.3) is 0 Å². The molecule has 0 saturated carbocycles. The molecule has 2 heterocycles. The van der Waals surface area contributed by atoms with E-state index in [-0.39, 0.29) is 12.1 Å². The number of nitrogens with zero attached hydrogens (tertiary/aromatic N) is 2. The predicted molar refractivity (Wildman–Crippen MR) is 92.7 cm³/mol. The van der Waals surface area contributed by atoms with Gasteiger partial charge in [-0.05, 0) is 43.9 Å². The summed E-state index contributed by atoms with van der Waals surface area (Å²) in [5, 5.41) is 2.99. The fraction of sp³-hybridized carbons (Fsp3) is 0.444. The summed E-state index contributed by atoms with van der Waals surface area (Å²) in [5.41, 5.74) is 1.89. The Morgan fingerprint density at radius 1 is 1.38 bits per heavy atom. The summed E-state index contributed by atoms with van der Waals surface area (Å²) in [6, 6.07) is 7.73. The molecule has 1 fully saturated rings. The minimum absolute atomic E-state index is 0.0194. The molecular weight excluding hydrogens is 304 g/mol. The highest BCUT2D eigenvalue weighted by atomic mass is 16.5. The topological polar surface area (TPSA) is 70.2 Å².